The van der Waals surface area contributed by atoms with Crippen molar-refractivity contribution in [3.05, 3.63) is 65.7 Å². The van der Waals surface area contributed by atoms with E-state index < -0.39 is 11.2 Å². The molecule has 1 N–H and O–H groups in total. The van der Waals surface area contributed by atoms with Gasteiger partial charge in [0.1, 0.15) is 0 Å². The van der Waals surface area contributed by atoms with Crippen LogP contribution in [0.4, 0.5) is 0 Å². The molecule has 0 heterocycles. The predicted octanol–water partition coefficient (Wildman–Crippen LogP) is 4.96. The summed E-state index contributed by atoms with van der Waals surface area (Å²) in [5, 5.41) is 12.9. The summed E-state index contributed by atoms with van der Waals surface area (Å²) in [6.45, 7) is 11.9. The van der Waals surface area contributed by atoms with E-state index in [0.717, 1.165) is 5.46 Å². The Morgan fingerprint density at radius 2 is 1.61 bits per heavy atom. The van der Waals surface area contributed by atoms with E-state index in [1.165, 1.54) is 33.0 Å². The Balaban J connectivity index is 1.76. The average molecular weight is 371 g/mol. The molecular weight excluding hydrogens is 343 g/mol. The van der Waals surface area contributed by atoms with Crippen molar-refractivity contribution in [2.75, 3.05) is 0 Å². The van der Waals surface area contributed by atoms with Crippen molar-refractivity contribution >= 4 is 23.7 Å². The van der Waals surface area contributed by atoms with Crippen molar-refractivity contribution in [2.24, 2.45) is 0 Å². The van der Waals surface area contributed by atoms with Gasteiger partial charge in [0.05, 0.1) is 11.2 Å². The Bertz CT molecular complexity index is 1060. The summed E-state index contributed by atoms with van der Waals surface area (Å²) in [5.41, 5.74) is 4.67. The van der Waals surface area contributed by atoms with E-state index in [1.807, 2.05) is 13.8 Å². The molecule has 0 atom stereocenters. The maximum atomic E-state index is 10.3. The standard InChI is InChI=1S/C25H28BO2/c1-23(2)20-14-11-16-9-7-8-10-18(16)22(20)19-13-12-17(15-21(19)23)26-28-25(5,6)24(3,4)27/h7-15,27H,1-6H3. The first-order valence-corrected chi connectivity index (χ1v) is 9.93. The predicted molar refractivity (Wildman–Crippen MR) is 118 cm³/mol. The zero-order valence-corrected chi connectivity index (χ0v) is 17.6. The van der Waals surface area contributed by atoms with Crippen molar-refractivity contribution in [3.8, 4) is 11.1 Å². The molecule has 2 nitrogen and oxygen atoms in total. The second kappa shape index (κ2) is 6.20. The number of hydrogen-bond acceptors (Lipinski definition) is 2. The van der Waals surface area contributed by atoms with E-state index in [-0.39, 0.29) is 5.41 Å². The third-order valence-electron chi connectivity index (χ3n) is 6.55. The molecule has 1 aliphatic rings. The van der Waals surface area contributed by atoms with Gasteiger partial charge in [-0.15, -0.1) is 0 Å². The molecule has 0 saturated carbocycles. The summed E-state index contributed by atoms with van der Waals surface area (Å²) < 4.78 is 5.98. The zero-order chi connectivity index (χ0) is 20.3. The van der Waals surface area contributed by atoms with Crippen molar-refractivity contribution < 1.29 is 9.76 Å². The first-order valence-electron chi connectivity index (χ1n) is 9.93. The van der Waals surface area contributed by atoms with E-state index >= 15 is 0 Å². The van der Waals surface area contributed by atoms with Gasteiger partial charge in [-0.3, -0.25) is 0 Å². The summed E-state index contributed by atoms with van der Waals surface area (Å²) in [4.78, 5) is 0. The van der Waals surface area contributed by atoms with Crippen LogP contribution < -0.4 is 5.46 Å². The fourth-order valence-corrected chi connectivity index (χ4v) is 3.96. The minimum absolute atomic E-state index is 0.0652. The van der Waals surface area contributed by atoms with Gasteiger partial charge in [0.2, 0.25) is 0 Å². The summed E-state index contributed by atoms with van der Waals surface area (Å²) in [7, 11) is 1.77. The van der Waals surface area contributed by atoms with Crippen LogP contribution in [-0.4, -0.2) is 23.8 Å². The highest BCUT2D eigenvalue weighted by atomic mass is 16.5. The van der Waals surface area contributed by atoms with Crippen LogP contribution >= 0.6 is 0 Å². The minimum atomic E-state index is -0.936. The fraction of sp³-hybridized carbons (Fsp3) is 0.360. The molecule has 0 saturated heterocycles. The average Bonchev–Trinajstić information content (AvgIpc) is 2.87. The summed E-state index contributed by atoms with van der Waals surface area (Å²) >= 11 is 0. The number of hydrogen-bond donors (Lipinski definition) is 1. The lowest BCUT2D eigenvalue weighted by Gasteiger charge is -2.37. The molecule has 4 rings (SSSR count). The number of aliphatic hydroxyl groups is 1. The van der Waals surface area contributed by atoms with Gasteiger partial charge in [-0.05, 0) is 60.7 Å². The van der Waals surface area contributed by atoms with Crippen LogP contribution in [0, 0.1) is 0 Å². The monoisotopic (exact) mass is 371 g/mol. The lowest BCUT2D eigenvalue weighted by molar-refractivity contribution is -0.0893. The van der Waals surface area contributed by atoms with Crippen LogP contribution in [0.2, 0.25) is 0 Å². The Hall–Kier alpha value is -2.10. The smallest absolute Gasteiger partial charge is 0.330 e. The van der Waals surface area contributed by atoms with Crippen molar-refractivity contribution in [1.29, 1.82) is 0 Å². The third-order valence-corrected chi connectivity index (χ3v) is 6.55. The van der Waals surface area contributed by atoms with E-state index in [2.05, 4.69) is 68.4 Å². The molecule has 0 fully saturated rings. The third kappa shape index (κ3) is 2.89. The summed E-state index contributed by atoms with van der Waals surface area (Å²) in [6, 6.07) is 19.6. The highest BCUT2D eigenvalue weighted by Crippen LogP contribution is 2.50. The molecule has 1 radical (unpaired) electrons. The van der Waals surface area contributed by atoms with E-state index in [4.69, 9.17) is 4.65 Å². The minimum Gasteiger partial charge on any atom is -0.427 e. The second-order valence-electron chi connectivity index (χ2n) is 9.44. The van der Waals surface area contributed by atoms with Gasteiger partial charge in [-0.1, -0.05) is 73.9 Å². The van der Waals surface area contributed by atoms with Crippen molar-refractivity contribution in [2.45, 2.75) is 58.2 Å². The first-order chi connectivity index (χ1) is 13.0. The summed E-state index contributed by atoms with van der Waals surface area (Å²) in [5.74, 6) is 0. The van der Waals surface area contributed by atoms with Gasteiger partial charge in [0, 0.05) is 5.41 Å². The van der Waals surface area contributed by atoms with E-state index in [1.54, 1.807) is 21.3 Å². The van der Waals surface area contributed by atoms with E-state index in [0.29, 0.717) is 0 Å². The molecule has 3 heteroatoms. The lowest BCUT2D eigenvalue weighted by Crippen LogP contribution is -2.49. The fourth-order valence-electron chi connectivity index (χ4n) is 3.96. The lowest BCUT2D eigenvalue weighted by atomic mass is 9.77. The molecule has 0 unspecified atom stereocenters. The molecule has 3 aromatic rings. The molecule has 0 aliphatic heterocycles. The molecular formula is C25H28BO2. The molecule has 0 bridgehead atoms. The van der Waals surface area contributed by atoms with Crippen LogP contribution in [0.25, 0.3) is 21.9 Å². The normalized spacial score (nSPS) is 15.4. The molecule has 1 aliphatic carbocycles. The summed E-state index contributed by atoms with van der Waals surface area (Å²) in [6.07, 6.45) is 0. The van der Waals surface area contributed by atoms with Crippen LogP contribution in [-0.2, 0) is 10.1 Å². The highest BCUT2D eigenvalue weighted by Gasteiger charge is 2.38. The molecule has 143 valence electrons. The van der Waals surface area contributed by atoms with Gasteiger partial charge in [0.25, 0.3) is 0 Å². The van der Waals surface area contributed by atoms with Crippen LogP contribution in [0.1, 0.15) is 52.7 Å². The molecule has 28 heavy (non-hydrogen) atoms. The second-order valence-corrected chi connectivity index (χ2v) is 9.44. The Kier molecular flexibility index (Phi) is 4.26. The molecule has 0 amide bonds. The SMILES string of the molecule is CC1(C)c2cc([B]OC(C)(C)C(C)(C)O)ccc2-c2c1ccc1ccccc21. The van der Waals surface area contributed by atoms with Crippen LogP contribution in [0.3, 0.4) is 0 Å². The number of rotatable bonds is 4. The van der Waals surface area contributed by atoms with Gasteiger partial charge in [0.15, 0.2) is 0 Å². The maximum absolute atomic E-state index is 10.3. The molecule has 0 spiro atoms. The molecule has 0 aromatic heterocycles. The number of fused-ring (bicyclic) bond motifs is 5. The van der Waals surface area contributed by atoms with Crippen LogP contribution in [0.5, 0.6) is 0 Å². The topological polar surface area (TPSA) is 29.5 Å². The van der Waals surface area contributed by atoms with Gasteiger partial charge >= 0.3 is 7.48 Å². The van der Waals surface area contributed by atoms with Gasteiger partial charge < -0.3 is 9.76 Å². The Morgan fingerprint density at radius 1 is 0.893 bits per heavy atom. The Labute approximate surface area is 168 Å². The zero-order valence-electron chi connectivity index (χ0n) is 17.6. The van der Waals surface area contributed by atoms with Crippen molar-refractivity contribution in [1.82, 2.24) is 0 Å². The van der Waals surface area contributed by atoms with Gasteiger partial charge in [-0.25, -0.2) is 0 Å². The van der Waals surface area contributed by atoms with Gasteiger partial charge in [-0.2, -0.15) is 0 Å². The Morgan fingerprint density at radius 3 is 2.32 bits per heavy atom. The van der Waals surface area contributed by atoms with E-state index in [9.17, 15) is 5.11 Å². The quantitative estimate of drug-likeness (QED) is 0.657. The number of benzene rings is 3. The largest absolute Gasteiger partial charge is 0.427 e. The maximum Gasteiger partial charge on any atom is 0.330 e. The molecule has 3 aromatic carbocycles. The first kappa shape index (κ1) is 19.2. The highest BCUT2D eigenvalue weighted by molar-refractivity contribution is 6.47. The van der Waals surface area contributed by atoms with Crippen LogP contribution in [0.15, 0.2) is 54.6 Å². The van der Waals surface area contributed by atoms with Crippen molar-refractivity contribution in [3.63, 3.8) is 0 Å².